The summed E-state index contributed by atoms with van der Waals surface area (Å²) in [5.74, 6) is -0.253. The minimum Gasteiger partial charge on any atom is -0.375 e. The van der Waals surface area contributed by atoms with Gasteiger partial charge in [-0.3, -0.25) is 4.79 Å². The number of thiazole rings is 1. The van der Waals surface area contributed by atoms with Crippen molar-refractivity contribution >= 4 is 32.7 Å². The molecule has 0 bridgehead atoms. The number of carbonyl (C=O) groups is 1. The van der Waals surface area contributed by atoms with Gasteiger partial charge in [-0.1, -0.05) is 11.3 Å². The van der Waals surface area contributed by atoms with Crippen molar-refractivity contribution in [3.63, 3.8) is 0 Å². The normalized spacial score (nSPS) is 15.2. The summed E-state index contributed by atoms with van der Waals surface area (Å²) in [5, 5.41) is 5.49. The van der Waals surface area contributed by atoms with Gasteiger partial charge in [0, 0.05) is 33.3 Å². The first-order valence-corrected chi connectivity index (χ1v) is 10.0. The van der Waals surface area contributed by atoms with Gasteiger partial charge >= 0.3 is 0 Å². The van der Waals surface area contributed by atoms with Gasteiger partial charge < -0.3 is 14.5 Å². The standard InChI is InChI=1S/C19H22FN5O2S/c1-13-17-18(25(22-13)15-6-4-14(20)5-7-15)21-19(28-17)24-9-3-8-23(10-11-24)16(26)12-27-2/h4-7H,3,8-12H2,1-2H3. The van der Waals surface area contributed by atoms with Crippen LogP contribution in [0.15, 0.2) is 24.3 Å². The molecule has 0 unspecified atom stereocenters. The number of halogens is 1. The molecule has 0 aliphatic carbocycles. The maximum atomic E-state index is 13.3. The molecule has 7 nitrogen and oxygen atoms in total. The van der Waals surface area contributed by atoms with Crippen LogP contribution in [0.25, 0.3) is 16.0 Å². The van der Waals surface area contributed by atoms with Crippen molar-refractivity contribution in [2.24, 2.45) is 0 Å². The number of hydrogen-bond donors (Lipinski definition) is 0. The number of aromatic nitrogens is 3. The molecular formula is C19H22FN5O2S. The van der Waals surface area contributed by atoms with Crippen LogP contribution in [0.5, 0.6) is 0 Å². The first kappa shape index (κ1) is 18.8. The highest BCUT2D eigenvalue weighted by Gasteiger charge is 2.23. The summed E-state index contributed by atoms with van der Waals surface area (Å²) >= 11 is 1.61. The van der Waals surface area contributed by atoms with Crippen LogP contribution in [0.2, 0.25) is 0 Å². The number of benzene rings is 1. The fourth-order valence-corrected chi connectivity index (χ4v) is 4.43. The monoisotopic (exact) mass is 403 g/mol. The number of anilines is 1. The number of amides is 1. The molecule has 0 spiro atoms. The van der Waals surface area contributed by atoms with Crippen LogP contribution in [0.3, 0.4) is 0 Å². The Hall–Kier alpha value is -2.52. The average Bonchev–Trinajstić information content (AvgIpc) is 3.14. The molecule has 1 amide bonds. The van der Waals surface area contributed by atoms with E-state index < -0.39 is 0 Å². The number of fused-ring (bicyclic) bond motifs is 1. The Morgan fingerprint density at radius 1 is 1.21 bits per heavy atom. The Bertz CT molecular complexity index is 984. The highest BCUT2D eigenvalue weighted by atomic mass is 32.1. The van der Waals surface area contributed by atoms with E-state index in [0.717, 1.165) is 52.9 Å². The van der Waals surface area contributed by atoms with Crippen LogP contribution in [-0.4, -0.2) is 65.5 Å². The van der Waals surface area contributed by atoms with E-state index in [4.69, 9.17) is 9.72 Å². The SMILES string of the molecule is COCC(=O)N1CCCN(c2nc3c(s2)c(C)nn3-c2ccc(F)cc2)CC1. The number of rotatable bonds is 4. The molecular weight excluding hydrogens is 381 g/mol. The molecule has 1 saturated heterocycles. The molecule has 148 valence electrons. The lowest BCUT2D eigenvalue weighted by atomic mass is 10.3. The Kier molecular flexibility index (Phi) is 5.27. The van der Waals surface area contributed by atoms with Crippen LogP contribution >= 0.6 is 11.3 Å². The largest absolute Gasteiger partial charge is 0.375 e. The van der Waals surface area contributed by atoms with E-state index in [1.807, 2.05) is 11.8 Å². The molecule has 3 heterocycles. The lowest BCUT2D eigenvalue weighted by Crippen LogP contribution is -2.37. The fraction of sp³-hybridized carbons (Fsp3) is 0.421. The molecule has 4 rings (SSSR count). The van der Waals surface area contributed by atoms with Gasteiger partial charge in [-0.2, -0.15) is 10.1 Å². The molecule has 1 aromatic carbocycles. The molecule has 2 aromatic heterocycles. The highest BCUT2D eigenvalue weighted by molar-refractivity contribution is 7.22. The van der Waals surface area contributed by atoms with E-state index in [1.54, 1.807) is 28.2 Å². The zero-order valence-corrected chi connectivity index (χ0v) is 16.7. The lowest BCUT2D eigenvalue weighted by molar-refractivity contribution is -0.134. The minimum atomic E-state index is -0.278. The van der Waals surface area contributed by atoms with Crippen molar-refractivity contribution in [2.75, 3.05) is 44.8 Å². The second kappa shape index (κ2) is 7.84. The van der Waals surface area contributed by atoms with Gasteiger partial charge in [-0.05, 0) is 37.6 Å². The van der Waals surface area contributed by atoms with Crippen molar-refractivity contribution in [2.45, 2.75) is 13.3 Å². The molecule has 1 aliphatic heterocycles. The summed E-state index contributed by atoms with van der Waals surface area (Å²) in [4.78, 5) is 21.0. The van der Waals surface area contributed by atoms with Crippen molar-refractivity contribution < 1.29 is 13.9 Å². The second-order valence-corrected chi connectivity index (χ2v) is 7.75. The van der Waals surface area contributed by atoms with Gasteiger partial charge in [-0.15, -0.1) is 0 Å². The third-order valence-electron chi connectivity index (χ3n) is 4.84. The third kappa shape index (κ3) is 3.59. The summed E-state index contributed by atoms with van der Waals surface area (Å²) < 4.78 is 21.0. The van der Waals surface area contributed by atoms with Gasteiger partial charge in [0.1, 0.15) is 12.4 Å². The average molecular weight is 403 g/mol. The van der Waals surface area contributed by atoms with E-state index in [0.29, 0.717) is 6.54 Å². The highest BCUT2D eigenvalue weighted by Crippen LogP contribution is 2.33. The van der Waals surface area contributed by atoms with Crippen molar-refractivity contribution in [3.8, 4) is 5.69 Å². The van der Waals surface area contributed by atoms with Gasteiger partial charge in [-0.25, -0.2) is 9.07 Å². The first-order chi connectivity index (χ1) is 13.6. The third-order valence-corrected chi connectivity index (χ3v) is 6.05. The molecule has 0 atom stereocenters. The van der Waals surface area contributed by atoms with Gasteiger partial charge in [0.25, 0.3) is 0 Å². The fourth-order valence-electron chi connectivity index (χ4n) is 3.39. The molecule has 3 aromatic rings. The number of carbonyl (C=O) groups excluding carboxylic acids is 1. The molecule has 1 fully saturated rings. The number of ether oxygens (including phenoxy) is 1. The van der Waals surface area contributed by atoms with E-state index in [1.165, 1.54) is 19.2 Å². The number of methoxy groups -OCH3 is 1. The molecule has 28 heavy (non-hydrogen) atoms. The summed E-state index contributed by atoms with van der Waals surface area (Å²) in [6, 6.07) is 6.24. The van der Waals surface area contributed by atoms with Crippen molar-refractivity contribution in [3.05, 3.63) is 35.8 Å². The van der Waals surface area contributed by atoms with Crippen molar-refractivity contribution in [1.82, 2.24) is 19.7 Å². The maximum Gasteiger partial charge on any atom is 0.248 e. The Balaban J connectivity index is 1.59. The lowest BCUT2D eigenvalue weighted by Gasteiger charge is -2.21. The van der Waals surface area contributed by atoms with Crippen LogP contribution < -0.4 is 4.90 Å². The number of hydrogen-bond acceptors (Lipinski definition) is 6. The second-order valence-electron chi connectivity index (χ2n) is 6.78. The van der Waals surface area contributed by atoms with Gasteiger partial charge in [0.15, 0.2) is 10.8 Å². The van der Waals surface area contributed by atoms with Crippen LogP contribution in [-0.2, 0) is 9.53 Å². The summed E-state index contributed by atoms with van der Waals surface area (Å²) in [7, 11) is 1.54. The van der Waals surface area contributed by atoms with Gasteiger partial charge in [0.2, 0.25) is 5.91 Å². The molecule has 0 N–H and O–H groups in total. The van der Waals surface area contributed by atoms with Crippen molar-refractivity contribution in [1.29, 1.82) is 0 Å². The van der Waals surface area contributed by atoms with Crippen LogP contribution in [0.4, 0.5) is 9.52 Å². The molecule has 0 radical (unpaired) electrons. The Labute approximate surface area is 166 Å². The maximum absolute atomic E-state index is 13.3. The first-order valence-electron chi connectivity index (χ1n) is 9.20. The quantitative estimate of drug-likeness (QED) is 0.670. The predicted molar refractivity (Wildman–Crippen MR) is 107 cm³/mol. The molecule has 1 aliphatic rings. The van der Waals surface area contributed by atoms with Gasteiger partial charge in [0.05, 0.1) is 16.1 Å². The van der Waals surface area contributed by atoms with Crippen LogP contribution in [0.1, 0.15) is 12.1 Å². The molecule has 0 saturated carbocycles. The summed E-state index contributed by atoms with van der Waals surface area (Å²) in [6.07, 6.45) is 0.883. The zero-order valence-electron chi connectivity index (χ0n) is 15.9. The summed E-state index contributed by atoms with van der Waals surface area (Å²) in [5.41, 5.74) is 2.46. The van der Waals surface area contributed by atoms with E-state index in [9.17, 15) is 9.18 Å². The Morgan fingerprint density at radius 2 is 2.00 bits per heavy atom. The van der Waals surface area contributed by atoms with E-state index in [2.05, 4.69) is 10.00 Å². The predicted octanol–water partition coefficient (Wildman–Crippen LogP) is 2.61. The summed E-state index contributed by atoms with van der Waals surface area (Å²) in [6.45, 7) is 5.03. The number of nitrogens with zero attached hydrogens (tertiary/aromatic N) is 5. The molecule has 9 heteroatoms. The Morgan fingerprint density at radius 3 is 2.75 bits per heavy atom. The number of aryl methyl sites for hydroxylation is 1. The zero-order chi connectivity index (χ0) is 19.7. The topological polar surface area (TPSA) is 63.5 Å². The smallest absolute Gasteiger partial charge is 0.248 e. The van der Waals surface area contributed by atoms with E-state index in [-0.39, 0.29) is 18.3 Å². The van der Waals surface area contributed by atoms with E-state index >= 15 is 0 Å². The minimum absolute atomic E-state index is 0.0245. The van der Waals surface area contributed by atoms with Crippen LogP contribution in [0, 0.1) is 12.7 Å².